The molecule has 0 bridgehead atoms. The normalized spacial score (nSPS) is 11.4. The highest BCUT2D eigenvalue weighted by atomic mass is 35.5. The number of rotatable bonds is 15. The van der Waals surface area contributed by atoms with Crippen LogP contribution in [0.15, 0.2) is 79.0 Å². The zero-order valence-corrected chi connectivity index (χ0v) is 25.0. The molecule has 0 amide bonds. The van der Waals surface area contributed by atoms with Crippen molar-refractivity contribution in [3.63, 3.8) is 0 Å². The van der Waals surface area contributed by atoms with Gasteiger partial charge in [-0.25, -0.2) is 4.98 Å². The lowest BCUT2D eigenvalue weighted by atomic mass is 10.1. The molecule has 0 spiro atoms. The largest absolute Gasteiger partial charge is 0.494 e. The van der Waals surface area contributed by atoms with E-state index in [2.05, 4.69) is 79.8 Å². The summed E-state index contributed by atoms with van der Waals surface area (Å²) < 4.78 is 14.2. The SMILES string of the molecule is CCN(CC)CCCOc1ccc(-n2cc(-c3ccc(OCCc4ccc(Cl)cc4)cc3)nc2CC(C)C)cc1. The molecule has 0 aliphatic carbocycles. The minimum Gasteiger partial charge on any atom is -0.494 e. The van der Waals surface area contributed by atoms with Gasteiger partial charge in [0.05, 0.1) is 18.9 Å². The maximum Gasteiger partial charge on any atom is 0.119 e. The van der Waals surface area contributed by atoms with Gasteiger partial charge in [-0.3, -0.25) is 0 Å². The maximum atomic E-state index is 6.01. The molecule has 1 aromatic heterocycles. The third-order valence-corrected chi connectivity index (χ3v) is 7.24. The molecule has 0 aliphatic rings. The van der Waals surface area contributed by atoms with Crippen molar-refractivity contribution in [1.82, 2.24) is 14.5 Å². The molecule has 5 nitrogen and oxygen atoms in total. The standard InChI is InChI=1S/C34H42ClN3O2/c1-5-37(6-2)21-7-22-39-32-18-14-30(15-19-32)38-25-33(36-34(38)24-26(3)4)28-10-16-31(17-11-28)40-23-20-27-8-12-29(35)13-9-27/h8-19,25-26H,5-7,20-24H2,1-4H3. The molecule has 0 fully saturated rings. The van der Waals surface area contributed by atoms with E-state index in [0.29, 0.717) is 12.5 Å². The molecule has 0 atom stereocenters. The Bertz CT molecular complexity index is 1290. The molecule has 3 aromatic carbocycles. The Morgan fingerprint density at radius 1 is 0.825 bits per heavy atom. The van der Waals surface area contributed by atoms with Crippen LogP contribution < -0.4 is 9.47 Å². The number of aromatic nitrogens is 2. The molecule has 4 aromatic rings. The summed E-state index contributed by atoms with van der Waals surface area (Å²) in [4.78, 5) is 7.45. The van der Waals surface area contributed by atoms with Crippen LogP contribution in [-0.4, -0.2) is 47.3 Å². The lowest BCUT2D eigenvalue weighted by molar-refractivity contribution is 0.249. The van der Waals surface area contributed by atoms with Crippen LogP contribution in [0.4, 0.5) is 0 Å². The molecule has 0 radical (unpaired) electrons. The predicted octanol–water partition coefficient (Wildman–Crippen LogP) is 8.12. The van der Waals surface area contributed by atoms with Gasteiger partial charge in [0.15, 0.2) is 0 Å². The second kappa shape index (κ2) is 14.9. The molecule has 0 aliphatic heterocycles. The van der Waals surface area contributed by atoms with Crippen LogP contribution in [0.25, 0.3) is 16.9 Å². The van der Waals surface area contributed by atoms with Crippen molar-refractivity contribution in [1.29, 1.82) is 0 Å². The molecule has 0 saturated heterocycles. The van der Waals surface area contributed by atoms with E-state index in [1.807, 2.05) is 36.4 Å². The molecule has 6 heteroatoms. The van der Waals surface area contributed by atoms with Crippen molar-refractivity contribution in [2.45, 2.75) is 47.0 Å². The second-order valence-electron chi connectivity index (χ2n) is 10.5. The van der Waals surface area contributed by atoms with Gasteiger partial charge in [-0.15, -0.1) is 0 Å². The Labute approximate surface area is 244 Å². The predicted molar refractivity (Wildman–Crippen MR) is 166 cm³/mol. The molecular weight excluding hydrogens is 518 g/mol. The van der Waals surface area contributed by atoms with E-state index in [0.717, 1.165) is 84.8 Å². The number of nitrogens with zero attached hydrogens (tertiary/aromatic N) is 3. The van der Waals surface area contributed by atoms with E-state index < -0.39 is 0 Å². The number of halogens is 1. The second-order valence-corrected chi connectivity index (χ2v) is 10.9. The van der Waals surface area contributed by atoms with Crippen molar-refractivity contribution in [3.8, 4) is 28.4 Å². The fourth-order valence-electron chi connectivity index (χ4n) is 4.67. The van der Waals surface area contributed by atoms with Gasteiger partial charge in [0, 0.05) is 41.9 Å². The van der Waals surface area contributed by atoms with E-state index in [9.17, 15) is 0 Å². The minimum atomic E-state index is 0.499. The molecule has 40 heavy (non-hydrogen) atoms. The van der Waals surface area contributed by atoms with E-state index in [-0.39, 0.29) is 0 Å². The van der Waals surface area contributed by atoms with Gasteiger partial charge >= 0.3 is 0 Å². The Kier molecular flexibility index (Phi) is 11.1. The molecule has 0 N–H and O–H groups in total. The lowest BCUT2D eigenvalue weighted by Gasteiger charge is -2.17. The topological polar surface area (TPSA) is 39.5 Å². The van der Waals surface area contributed by atoms with Crippen molar-refractivity contribution < 1.29 is 9.47 Å². The summed E-state index contributed by atoms with van der Waals surface area (Å²) in [6.45, 7) is 13.4. The van der Waals surface area contributed by atoms with Gasteiger partial charge in [0.2, 0.25) is 0 Å². The summed E-state index contributed by atoms with van der Waals surface area (Å²) in [7, 11) is 0. The van der Waals surface area contributed by atoms with Gasteiger partial charge in [-0.1, -0.05) is 51.4 Å². The van der Waals surface area contributed by atoms with Gasteiger partial charge < -0.3 is 18.9 Å². The molecule has 1 heterocycles. The van der Waals surface area contributed by atoms with E-state index >= 15 is 0 Å². The van der Waals surface area contributed by atoms with Crippen molar-refractivity contribution in [3.05, 3.63) is 95.4 Å². The molecular formula is C34H42ClN3O2. The van der Waals surface area contributed by atoms with Gasteiger partial charge in [0.25, 0.3) is 0 Å². The fraction of sp³-hybridized carbons (Fsp3) is 0.382. The quantitative estimate of drug-likeness (QED) is 0.138. The summed E-state index contributed by atoms with van der Waals surface area (Å²) in [5.41, 5.74) is 4.33. The Balaban J connectivity index is 1.39. The van der Waals surface area contributed by atoms with E-state index in [1.165, 1.54) is 5.56 Å². The summed E-state index contributed by atoms with van der Waals surface area (Å²) in [5.74, 6) is 3.31. The minimum absolute atomic E-state index is 0.499. The summed E-state index contributed by atoms with van der Waals surface area (Å²) in [6.07, 6.45) is 4.89. The van der Waals surface area contributed by atoms with Gasteiger partial charge in [0.1, 0.15) is 17.3 Å². The van der Waals surface area contributed by atoms with Crippen molar-refractivity contribution >= 4 is 11.6 Å². The third-order valence-electron chi connectivity index (χ3n) is 6.99. The smallest absolute Gasteiger partial charge is 0.119 e. The summed E-state index contributed by atoms with van der Waals surface area (Å²) >= 11 is 5.98. The Morgan fingerprint density at radius 3 is 2.08 bits per heavy atom. The Hall–Kier alpha value is -3.28. The molecule has 0 unspecified atom stereocenters. The van der Waals surface area contributed by atoms with Crippen LogP contribution in [0.5, 0.6) is 11.5 Å². The number of hydrogen-bond donors (Lipinski definition) is 0. The maximum absolute atomic E-state index is 6.01. The number of hydrogen-bond acceptors (Lipinski definition) is 4. The molecule has 4 rings (SSSR count). The average Bonchev–Trinajstić information content (AvgIpc) is 3.38. The van der Waals surface area contributed by atoms with Gasteiger partial charge in [-0.2, -0.15) is 0 Å². The number of benzene rings is 3. The van der Waals surface area contributed by atoms with Crippen LogP contribution >= 0.6 is 11.6 Å². The van der Waals surface area contributed by atoms with E-state index in [4.69, 9.17) is 26.1 Å². The third kappa shape index (κ3) is 8.61. The molecule has 212 valence electrons. The van der Waals surface area contributed by atoms with Crippen LogP contribution in [-0.2, 0) is 12.8 Å². The number of imidazole rings is 1. The monoisotopic (exact) mass is 559 g/mol. The van der Waals surface area contributed by atoms with Crippen LogP contribution in [0.2, 0.25) is 5.02 Å². The first-order valence-corrected chi connectivity index (χ1v) is 14.8. The first kappa shape index (κ1) is 29.7. The van der Waals surface area contributed by atoms with Crippen molar-refractivity contribution in [2.24, 2.45) is 5.92 Å². The zero-order valence-electron chi connectivity index (χ0n) is 24.3. The molecule has 0 saturated carbocycles. The average molecular weight is 560 g/mol. The fourth-order valence-corrected chi connectivity index (χ4v) is 4.80. The van der Waals surface area contributed by atoms with Gasteiger partial charge in [-0.05, 0) is 91.7 Å². The summed E-state index contributed by atoms with van der Waals surface area (Å²) in [5, 5.41) is 0.752. The highest BCUT2D eigenvalue weighted by Gasteiger charge is 2.13. The highest BCUT2D eigenvalue weighted by Crippen LogP contribution is 2.26. The van der Waals surface area contributed by atoms with Crippen LogP contribution in [0, 0.1) is 5.92 Å². The van der Waals surface area contributed by atoms with Crippen LogP contribution in [0.3, 0.4) is 0 Å². The van der Waals surface area contributed by atoms with Crippen molar-refractivity contribution in [2.75, 3.05) is 32.8 Å². The lowest BCUT2D eigenvalue weighted by Crippen LogP contribution is -2.25. The van der Waals surface area contributed by atoms with Crippen LogP contribution in [0.1, 0.15) is 45.5 Å². The summed E-state index contributed by atoms with van der Waals surface area (Å²) in [6, 6.07) is 24.4. The zero-order chi connectivity index (χ0) is 28.3. The first-order chi connectivity index (χ1) is 19.4. The number of ether oxygens (including phenoxy) is 2. The Morgan fingerprint density at radius 2 is 1.45 bits per heavy atom. The first-order valence-electron chi connectivity index (χ1n) is 14.5. The van der Waals surface area contributed by atoms with E-state index in [1.54, 1.807) is 0 Å². The highest BCUT2D eigenvalue weighted by molar-refractivity contribution is 6.30.